The zero-order valence-corrected chi connectivity index (χ0v) is 16.6. The molecule has 8 heteroatoms. The number of esters is 1. The third-order valence-corrected chi connectivity index (χ3v) is 5.44. The molecule has 0 radical (unpaired) electrons. The Hall–Kier alpha value is -3.19. The Labute approximate surface area is 172 Å². The molecule has 2 aliphatic heterocycles. The Morgan fingerprint density at radius 2 is 1.83 bits per heavy atom. The maximum Gasteiger partial charge on any atom is 0.355 e. The molecule has 2 aliphatic rings. The summed E-state index contributed by atoms with van der Waals surface area (Å²) in [5, 5.41) is 6.18. The van der Waals surface area contributed by atoms with Crippen molar-refractivity contribution in [2.24, 2.45) is 11.0 Å². The van der Waals surface area contributed by atoms with Crippen LogP contribution in [0.3, 0.4) is 0 Å². The van der Waals surface area contributed by atoms with Crippen molar-refractivity contribution in [1.82, 2.24) is 0 Å². The number of benzene rings is 2. The summed E-state index contributed by atoms with van der Waals surface area (Å²) < 4.78 is 5.09. The summed E-state index contributed by atoms with van der Waals surface area (Å²) in [5.74, 6) is -2.72. The Kier molecular flexibility index (Phi) is 4.84. The quantitative estimate of drug-likeness (QED) is 0.571. The van der Waals surface area contributed by atoms with Gasteiger partial charge in [0.2, 0.25) is 5.91 Å². The van der Waals surface area contributed by atoms with Crippen LogP contribution in [-0.2, 0) is 19.1 Å². The second-order valence-electron chi connectivity index (χ2n) is 6.70. The minimum atomic E-state index is -1.04. The number of para-hydroxylation sites is 1. The van der Waals surface area contributed by atoms with E-state index in [9.17, 15) is 14.4 Å². The first-order valence-electron chi connectivity index (χ1n) is 9.18. The van der Waals surface area contributed by atoms with Crippen molar-refractivity contribution in [3.8, 4) is 0 Å². The number of fused-ring (bicyclic) bond motifs is 1. The number of ether oxygens (including phenoxy) is 1. The molecule has 2 atom stereocenters. The fourth-order valence-electron chi connectivity index (χ4n) is 3.66. The second kappa shape index (κ2) is 7.33. The lowest BCUT2D eigenvalue weighted by molar-refractivity contribution is -0.136. The number of amides is 2. The molecule has 0 aromatic heterocycles. The maximum absolute atomic E-state index is 13.4. The molecule has 2 aromatic carbocycles. The van der Waals surface area contributed by atoms with Gasteiger partial charge in [-0.1, -0.05) is 35.9 Å². The van der Waals surface area contributed by atoms with Gasteiger partial charge in [0.25, 0.3) is 5.91 Å². The van der Waals surface area contributed by atoms with E-state index in [4.69, 9.17) is 16.3 Å². The molecule has 7 nitrogen and oxygen atoms in total. The van der Waals surface area contributed by atoms with E-state index in [2.05, 4.69) is 5.10 Å². The van der Waals surface area contributed by atoms with Gasteiger partial charge in [-0.2, -0.15) is 5.10 Å². The minimum absolute atomic E-state index is 0.0683. The van der Waals surface area contributed by atoms with E-state index in [0.29, 0.717) is 22.0 Å². The number of carbonyl (C=O) groups excluding carboxylic acids is 3. The van der Waals surface area contributed by atoms with Crippen molar-refractivity contribution in [3.05, 3.63) is 59.1 Å². The van der Waals surface area contributed by atoms with Gasteiger partial charge in [-0.25, -0.2) is 9.69 Å². The monoisotopic (exact) mass is 411 g/mol. The Morgan fingerprint density at radius 1 is 1.10 bits per heavy atom. The topological polar surface area (TPSA) is 79.3 Å². The Morgan fingerprint density at radius 3 is 2.52 bits per heavy atom. The third-order valence-electron chi connectivity index (χ3n) is 5.03. The van der Waals surface area contributed by atoms with E-state index in [-0.39, 0.29) is 12.3 Å². The number of hydrazone groups is 1. The fourth-order valence-corrected chi connectivity index (χ4v) is 3.83. The van der Waals surface area contributed by atoms with Crippen LogP contribution in [0.4, 0.5) is 11.4 Å². The molecule has 1 saturated heterocycles. The molecule has 2 amide bonds. The lowest BCUT2D eigenvalue weighted by atomic mass is 9.98. The summed E-state index contributed by atoms with van der Waals surface area (Å²) in [6, 6.07) is 13.0. The van der Waals surface area contributed by atoms with Gasteiger partial charge >= 0.3 is 5.97 Å². The Bertz CT molecular complexity index is 1040. The van der Waals surface area contributed by atoms with Gasteiger partial charge in [-0.15, -0.1) is 0 Å². The predicted octanol–water partition coefficient (Wildman–Crippen LogP) is 2.95. The van der Waals surface area contributed by atoms with Gasteiger partial charge in [0, 0.05) is 5.02 Å². The molecule has 0 saturated carbocycles. The highest BCUT2D eigenvalue weighted by atomic mass is 35.5. The Balaban J connectivity index is 1.82. The average Bonchev–Trinajstić information content (AvgIpc) is 3.23. The summed E-state index contributed by atoms with van der Waals surface area (Å²) in [6.45, 7) is 3.55. The second-order valence-corrected chi connectivity index (χ2v) is 7.11. The maximum atomic E-state index is 13.4. The fraction of sp³-hybridized carbons (Fsp3) is 0.238. The lowest BCUT2D eigenvalue weighted by Gasteiger charge is -2.23. The molecule has 0 unspecified atom stereocenters. The van der Waals surface area contributed by atoms with Gasteiger partial charge in [0.05, 0.1) is 18.0 Å². The summed E-state index contributed by atoms with van der Waals surface area (Å²) in [6.07, 6.45) is 0. The molecule has 2 heterocycles. The van der Waals surface area contributed by atoms with Crippen LogP contribution in [0.15, 0.2) is 53.6 Å². The summed E-state index contributed by atoms with van der Waals surface area (Å²) in [4.78, 5) is 40.3. The predicted molar refractivity (Wildman–Crippen MR) is 109 cm³/mol. The smallest absolute Gasteiger partial charge is 0.355 e. The van der Waals surface area contributed by atoms with Crippen LogP contribution in [0.25, 0.3) is 0 Å². The number of carbonyl (C=O) groups is 3. The van der Waals surface area contributed by atoms with Crippen molar-refractivity contribution in [3.63, 3.8) is 0 Å². The molecule has 0 aliphatic carbocycles. The average molecular weight is 412 g/mol. The number of anilines is 2. The summed E-state index contributed by atoms with van der Waals surface area (Å²) >= 11 is 6.20. The highest BCUT2D eigenvalue weighted by Gasteiger charge is 2.59. The zero-order chi connectivity index (χ0) is 20.7. The first-order valence-corrected chi connectivity index (χ1v) is 9.56. The number of hydrogen-bond acceptors (Lipinski definition) is 6. The molecule has 148 valence electrons. The van der Waals surface area contributed by atoms with E-state index < -0.39 is 29.7 Å². The summed E-state index contributed by atoms with van der Waals surface area (Å²) in [7, 11) is 0. The first kappa shape index (κ1) is 19.1. The highest BCUT2D eigenvalue weighted by Crippen LogP contribution is 2.39. The van der Waals surface area contributed by atoms with E-state index in [0.717, 1.165) is 4.90 Å². The number of halogens is 1. The normalized spacial score (nSPS) is 20.7. The third kappa shape index (κ3) is 2.98. The zero-order valence-electron chi connectivity index (χ0n) is 15.8. The van der Waals surface area contributed by atoms with Crippen LogP contribution in [0, 0.1) is 12.8 Å². The van der Waals surface area contributed by atoms with E-state index >= 15 is 0 Å². The van der Waals surface area contributed by atoms with Gasteiger partial charge in [0.15, 0.2) is 5.71 Å². The van der Waals surface area contributed by atoms with Crippen molar-refractivity contribution in [2.45, 2.75) is 19.9 Å². The molecular formula is C21H18ClN3O4. The van der Waals surface area contributed by atoms with E-state index in [1.165, 1.54) is 5.01 Å². The number of hydrogen-bond donors (Lipinski definition) is 0. The molecule has 0 N–H and O–H groups in total. The molecule has 1 fully saturated rings. The summed E-state index contributed by atoms with van der Waals surface area (Å²) in [5.41, 5.74) is 1.55. The van der Waals surface area contributed by atoms with Crippen LogP contribution in [0.1, 0.15) is 12.5 Å². The van der Waals surface area contributed by atoms with Crippen molar-refractivity contribution >= 4 is 46.5 Å². The van der Waals surface area contributed by atoms with Crippen LogP contribution in [0.2, 0.25) is 5.02 Å². The van der Waals surface area contributed by atoms with Crippen molar-refractivity contribution < 1.29 is 19.1 Å². The molecule has 29 heavy (non-hydrogen) atoms. The van der Waals surface area contributed by atoms with Crippen LogP contribution in [-0.4, -0.2) is 36.1 Å². The van der Waals surface area contributed by atoms with Gasteiger partial charge < -0.3 is 4.74 Å². The van der Waals surface area contributed by atoms with Crippen LogP contribution < -0.4 is 9.91 Å². The van der Waals surface area contributed by atoms with Gasteiger partial charge in [-0.05, 0) is 43.7 Å². The van der Waals surface area contributed by atoms with E-state index in [1.807, 2.05) is 6.07 Å². The van der Waals surface area contributed by atoms with Gasteiger partial charge in [-0.3, -0.25) is 14.6 Å². The van der Waals surface area contributed by atoms with Crippen molar-refractivity contribution in [2.75, 3.05) is 16.5 Å². The molecule has 4 rings (SSSR count). The molecular weight excluding hydrogens is 394 g/mol. The minimum Gasteiger partial charge on any atom is -0.461 e. The van der Waals surface area contributed by atoms with Crippen molar-refractivity contribution in [1.29, 1.82) is 0 Å². The number of rotatable bonds is 4. The molecule has 0 bridgehead atoms. The largest absolute Gasteiger partial charge is 0.461 e. The first-order chi connectivity index (χ1) is 14.0. The lowest BCUT2D eigenvalue weighted by Crippen LogP contribution is -2.39. The molecule has 2 aromatic rings. The standard InChI is InChI=1S/C21H18ClN3O4/c1-3-29-21(28)17-16-18(25(23-17)13-8-5-4-6-9-13)20(27)24(19(16)26)15-11-7-10-14(22)12(15)2/h4-11,16,18H,3H2,1-2H3/t16-,18-/m0/s1. The van der Waals surface area contributed by atoms with E-state index in [1.54, 1.807) is 56.3 Å². The number of imide groups is 1. The number of nitrogens with zero attached hydrogens (tertiary/aromatic N) is 3. The SMILES string of the molecule is CCOC(=O)C1=NN(c2ccccc2)[C@@H]2C(=O)N(c3cccc(Cl)c3C)C(=O)[C@@H]12. The highest BCUT2D eigenvalue weighted by molar-refractivity contribution is 6.47. The van der Waals surface area contributed by atoms with Crippen LogP contribution in [0.5, 0.6) is 0 Å². The van der Waals surface area contributed by atoms with Gasteiger partial charge in [0.1, 0.15) is 12.0 Å². The van der Waals surface area contributed by atoms with Crippen LogP contribution >= 0.6 is 11.6 Å². The molecule has 0 spiro atoms.